The van der Waals surface area contributed by atoms with Crippen molar-refractivity contribution in [1.29, 1.82) is 5.26 Å². The smallest absolute Gasteiger partial charge is 0.242 e. The summed E-state index contributed by atoms with van der Waals surface area (Å²) in [6, 6.07) is 13.5. The summed E-state index contributed by atoms with van der Waals surface area (Å²) in [6.07, 6.45) is 1.96. The van der Waals surface area contributed by atoms with Gasteiger partial charge in [0, 0.05) is 5.92 Å². The molecule has 1 aromatic carbocycles. The molecule has 1 N–H and O–H groups in total. The summed E-state index contributed by atoms with van der Waals surface area (Å²) < 4.78 is 5.15. The van der Waals surface area contributed by atoms with Gasteiger partial charge in [0.15, 0.2) is 0 Å². The number of carbonyl (C=O) groups excluding carboxylic acids is 1. The van der Waals surface area contributed by atoms with Gasteiger partial charge in [-0.3, -0.25) is 4.79 Å². The van der Waals surface area contributed by atoms with E-state index in [0.29, 0.717) is 0 Å². The highest BCUT2D eigenvalue weighted by Crippen LogP contribution is 2.34. The first-order valence-electron chi connectivity index (χ1n) is 6.83. The Hall–Kier alpha value is -2.58. The quantitative estimate of drug-likeness (QED) is 0.947. The number of hydrogen-bond acceptors (Lipinski definition) is 4. The van der Waals surface area contributed by atoms with Crippen LogP contribution in [-0.4, -0.2) is 13.0 Å². The lowest BCUT2D eigenvalue weighted by Crippen LogP contribution is -2.36. The van der Waals surface area contributed by atoms with E-state index in [0.717, 1.165) is 21.9 Å². The molecule has 0 fully saturated rings. The Morgan fingerprint density at radius 3 is 2.64 bits per heavy atom. The van der Waals surface area contributed by atoms with Crippen LogP contribution in [0.5, 0.6) is 5.75 Å². The van der Waals surface area contributed by atoms with E-state index in [1.54, 1.807) is 18.4 Å². The number of methoxy groups -OCH3 is 1. The van der Waals surface area contributed by atoms with Crippen molar-refractivity contribution < 1.29 is 9.53 Å². The Bertz CT molecular complexity index is 742. The van der Waals surface area contributed by atoms with Crippen molar-refractivity contribution in [2.24, 2.45) is 5.92 Å². The summed E-state index contributed by atoms with van der Waals surface area (Å²) in [5.41, 5.74) is 1.70. The lowest BCUT2D eigenvalue weighted by atomic mass is 9.83. The topological polar surface area (TPSA) is 62.1 Å². The number of ether oxygens (including phenoxy) is 1. The first-order chi connectivity index (χ1) is 10.7. The summed E-state index contributed by atoms with van der Waals surface area (Å²) in [5.74, 6) is -0.493. The van der Waals surface area contributed by atoms with Gasteiger partial charge in [0.05, 0.1) is 23.8 Å². The van der Waals surface area contributed by atoms with E-state index >= 15 is 0 Å². The number of nitrogens with one attached hydrogen (secondary N) is 1. The minimum absolute atomic E-state index is 0.255. The fourth-order valence-corrected chi connectivity index (χ4v) is 3.23. The van der Waals surface area contributed by atoms with Crippen LogP contribution in [0.25, 0.3) is 5.70 Å². The second kappa shape index (κ2) is 6.04. The van der Waals surface area contributed by atoms with E-state index in [4.69, 9.17) is 4.74 Å². The molecule has 0 spiro atoms. The van der Waals surface area contributed by atoms with Crippen molar-refractivity contribution in [3.63, 3.8) is 0 Å². The molecule has 0 saturated carbocycles. The second-order valence-corrected chi connectivity index (χ2v) is 5.90. The Morgan fingerprint density at radius 2 is 2.05 bits per heavy atom. The zero-order valence-electron chi connectivity index (χ0n) is 11.9. The molecule has 2 heterocycles. The molecule has 0 radical (unpaired) electrons. The molecule has 5 heteroatoms. The lowest BCUT2D eigenvalue weighted by molar-refractivity contribution is -0.122. The maximum atomic E-state index is 12.2. The number of nitrogens with zero attached hydrogens (tertiary/aromatic N) is 1. The summed E-state index contributed by atoms with van der Waals surface area (Å²) in [7, 11) is 1.61. The van der Waals surface area contributed by atoms with E-state index in [2.05, 4.69) is 11.4 Å². The van der Waals surface area contributed by atoms with Gasteiger partial charge in [-0.25, -0.2) is 0 Å². The van der Waals surface area contributed by atoms with E-state index in [-0.39, 0.29) is 11.8 Å². The number of hydrogen-bond donors (Lipinski definition) is 1. The normalized spacial score (nSPS) is 20.7. The SMILES string of the molecule is COc1ccc(C2C=C(c3cccs3)NC(=O)C2C#N)cc1. The van der Waals surface area contributed by atoms with Crippen LogP contribution in [0.15, 0.2) is 47.9 Å². The van der Waals surface area contributed by atoms with E-state index in [9.17, 15) is 10.1 Å². The van der Waals surface area contributed by atoms with Gasteiger partial charge >= 0.3 is 0 Å². The van der Waals surface area contributed by atoms with Crippen molar-refractivity contribution in [3.8, 4) is 11.8 Å². The van der Waals surface area contributed by atoms with Crippen LogP contribution in [0.4, 0.5) is 0 Å². The molecule has 1 aliphatic heterocycles. The number of carbonyl (C=O) groups is 1. The molecular weight excluding hydrogens is 296 g/mol. The van der Waals surface area contributed by atoms with E-state index < -0.39 is 5.92 Å². The number of amides is 1. The standard InChI is InChI=1S/C17H14N2O2S/c1-21-12-6-4-11(5-7-12)13-9-15(16-3-2-8-22-16)19-17(20)14(13)10-18/h2-9,13-14H,1H3,(H,19,20). The third-order valence-corrected chi connectivity index (χ3v) is 4.58. The molecule has 22 heavy (non-hydrogen) atoms. The summed E-state index contributed by atoms with van der Waals surface area (Å²) in [6.45, 7) is 0. The fourth-order valence-electron chi connectivity index (χ4n) is 2.52. The Labute approximate surface area is 132 Å². The fraction of sp³-hybridized carbons (Fsp3) is 0.176. The first-order valence-corrected chi connectivity index (χ1v) is 7.71. The molecule has 1 aliphatic rings. The van der Waals surface area contributed by atoms with Gasteiger partial charge in [-0.05, 0) is 29.1 Å². The molecule has 4 nitrogen and oxygen atoms in total. The number of rotatable bonds is 3. The minimum atomic E-state index is -0.725. The molecule has 1 aromatic heterocycles. The summed E-state index contributed by atoms with van der Waals surface area (Å²) >= 11 is 1.56. The maximum Gasteiger partial charge on any atom is 0.242 e. The van der Waals surface area contributed by atoms with Crippen molar-refractivity contribution in [1.82, 2.24) is 5.32 Å². The molecule has 0 aliphatic carbocycles. The van der Waals surface area contributed by atoms with Gasteiger partial charge in [0.2, 0.25) is 5.91 Å². The third-order valence-electron chi connectivity index (χ3n) is 3.67. The molecule has 2 unspecified atom stereocenters. The van der Waals surface area contributed by atoms with Gasteiger partial charge in [-0.1, -0.05) is 24.3 Å². The van der Waals surface area contributed by atoms with Gasteiger partial charge in [0.1, 0.15) is 11.7 Å². The number of thiophene rings is 1. The van der Waals surface area contributed by atoms with E-state index in [1.807, 2.05) is 47.9 Å². The largest absolute Gasteiger partial charge is 0.497 e. The monoisotopic (exact) mass is 310 g/mol. The summed E-state index contributed by atoms with van der Waals surface area (Å²) in [5, 5.41) is 14.1. The molecule has 0 bridgehead atoms. The van der Waals surface area contributed by atoms with Crippen LogP contribution in [0.1, 0.15) is 16.4 Å². The van der Waals surface area contributed by atoms with Crippen LogP contribution in [-0.2, 0) is 4.79 Å². The molecule has 110 valence electrons. The highest BCUT2D eigenvalue weighted by molar-refractivity contribution is 7.11. The first kappa shape index (κ1) is 14.4. The van der Waals surface area contributed by atoms with Gasteiger partial charge < -0.3 is 10.1 Å². The van der Waals surface area contributed by atoms with Crippen molar-refractivity contribution >= 4 is 22.9 Å². The predicted octanol–water partition coefficient (Wildman–Crippen LogP) is 3.15. The van der Waals surface area contributed by atoms with Crippen molar-refractivity contribution in [2.75, 3.05) is 7.11 Å². The van der Waals surface area contributed by atoms with Gasteiger partial charge in [-0.2, -0.15) is 5.26 Å². The van der Waals surface area contributed by atoms with Crippen LogP contribution in [0, 0.1) is 17.2 Å². The van der Waals surface area contributed by atoms with Crippen LogP contribution in [0.2, 0.25) is 0 Å². The zero-order valence-corrected chi connectivity index (χ0v) is 12.8. The van der Waals surface area contributed by atoms with Gasteiger partial charge in [0.25, 0.3) is 0 Å². The average molecular weight is 310 g/mol. The molecule has 2 atom stereocenters. The highest BCUT2D eigenvalue weighted by Gasteiger charge is 2.33. The number of benzene rings is 1. The van der Waals surface area contributed by atoms with Crippen LogP contribution in [0.3, 0.4) is 0 Å². The second-order valence-electron chi connectivity index (χ2n) is 4.95. The molecule has 1 amide bonds. The van der Waals surface area contributed by atoms with Crippen LogP contribution < -0.4 is 10.1 Å². The maximum absolute atomic E-state index is 12.2. The molecule has 2 aromatic rings. The van der Waals surface area contributed by atoms with Crippen molar-refractivity contribution in [2.45, 2.75) is 5.92 Å². The number of allylic oxidation sites excluding steroid dienone is 1. The zero-order chi connectivity index (χ0) is 15.5. The molecule has 3 rings (SSSR count). The van der Waals surface area contributed by atoms with E-state index in [1.165, 1.54) is 0 Å². The average Bonchev–Trinajstić information content (AvgIpc) is 3.08. The van der Waals surface area contributed by atoms with Crippen LogP contribution >= 0.6 is 11.3 Å². The Kier molecular flexibility index (Phi) is 3.94. The van der Waals surface area contributed by atoms with Crippen molar-refractivity contribution in [3.05, 3.63) is 58.3 Å². The minimum Gasteiger partial charge on any atom is -0.497 e. The lowest BCUT2D eigenvalue weighted by Gasteiger charge is -2.26. The van der Waals surface area contributed by atoms with Gasteiger partial charge in [-0.15, -0.1) is 11.3 Å². The Balaban J connectivity index is 2.02. The molecular formula is C17H14N2O2S. The third kappa shape index (κ3) is 2.61. The number of nitriles is 1. The summed E-state index contributed by atoms with van der Waals surface area (Å²) in [4.78, 5) is 13.2. The predicted molar refractivity (Wildman–Crippen MR) is 85.3 cm³/mol. The molecule has 0 saturated heterocycles. The Morgan fingerprint density at radius 1 is 1.27 bits per heavy atom. The highest BCUT2D eigenvalue weighted by atomic mass is 32.1.